The number of pyridine rings is 1. The van der Waals surface area contributed by atoms with E-state index in [1.54, 1.807) is 6.92 Å². The fourth-order valence-corrected chi connectivity index (χ4v) is 2.98. The van der Waals surface area contributed by atoms with Crippen LogP contribution >= 0.6 is 0 Å². The Morgan fingerprint density at radius 2 is 1.74 bits per heavy atom. The zero-order chi connectivity index (χ0) is 16.1. The van der Waals surface area contributed by atoms with Crippen molar-refractivity contribution in [1.82, 2.24) is 14.9 Å². The van der Waals surface area contributed by atoms with Crippen LogP contribution in [0.3, 0.4) is 0 Å². The Morgan fingerprint density at radius 1 is 1.04 bits per heavy atom. The number of piperazine rings is 1. The van der Waals surface area contributed by atoms with Gasteiger partial charge in [-0.1, -0.05) is 0 Å². The Kier molecular flexibility index (Phi) is 3.19. The molecule has 1 fully saturated rings. The molecule has 1 aromatic carbocycles. The highest BCUT2D eigenvalue weighted by Crippen LogP contribution is 2.33. The lowest BCUT2D eigenvalue weighted by atomic mass is 10.1. The van der Waals surface area contributed by atoms with Crippen molar-refractivity contribution in [3.8, 4) is 0 Å². The number of anilines is 1. The summed E-state index contributed by atoms with van der Waals surface area (Å²) in [5.74, 6) is -0.676. The first-order chi connectivity index (χ1) is 11.0. The van der Waals surface area contributed by atoms with E-state index in [0.717, 1.165) is 38.3 Å². The zero-order valence-electron chi connectivity index (χ0n) is 12.9. The second-order valence-electron chi connectivity index (χ2n) is 5.92. The quantitative estimate of drug-likeness (QED) is 0.690. The number of hydrogen-bond donors (Lipinski definition) is 0. The molecule has 1 aliphatic heterocycles. The van der Waals surface area contributed by atoms with E-state index in [9.17, 15) is 8.78 Å². The van der Waals surface area contributed by atoms with E-state index in [0.29, 0.717) is 33.7 Å². The maximum absolute atomic E-state index is 13.6. The molecule has 23 heavy (non-hydrogen) atoms. The van der Waals surface area contributed by atoms with Crippen molar-refractivity contribution in [1.29, 1.82) is 0 Å². The van der Waals surface area contributed by atoms with Crippen molar-refractivity contribution in [3.05, 3.63) is 29.7 Å². The molecule has 0 N–H and O–H groups in total. The van der Waals surface area contributed by atoms with Gasteiger partial charge in [0.05, 0.1) is 5.52 Å². The highest BCUT2D eigenvalue weighted by Gasteiger charge is 2.23. The number of aromatic nitrogens is 2. The van der Waals surface area contributed by atoms with Crippen molar-refractivity contribution in [2.75, 3.05) is 38.1 Å². The van der Waals surface area contributed by atoms with Crippen LogP contribution in [-0.2, 0) is 0 Å². The van der Waals surface area contributed by atoms with Crippen LogP contribution in [-0.4, -0.2) is 48.1 Å². The number of fused-ring (bicyclic) bond motifs is 3. The Balaban J connectivity index is 1.97. The molecule has 7 heteroatoms. The number of oxazole rings is 1. The summed E-state index contributed by atoms with van der Waals surface area (Å²) in [6, 6.07) is 2.24. The Morgan fingerprint density at radius 3 is 2.48 bits per heavy atom. The summed E-state index contributed by atoms with van der Waals surface area (Å²) in [6.07, 6.45) is 0. The molecule has 5 nitrogen and oxygen atoms in total. The minimum absolute atomic E-state index is 0.376. The number of halogens is 2. The average molecular weight is 318 g/mol. The number of aryl methyl sites for hydroxylation is 1. The number of hydrogen-bond acceptors (Lipinski definition) is 5. The van der Waals surface area contributed by atoms with Gasteiger partial charge in [0.1, 0.15) is 0 Å². The molecular weight excluding hydrogens is 302 g/mol. The second kappa shape index (κ2) is 5.13. The molecule has 2 aromatic heterocycles. The molecule has 0 aliphatic carbocycles. The number of rotatable bonds is 1. The van der Waals surface area contributed by atoms with Gasteiger partial charge in [0, 0.05) is 44.6 Å². The third kappa shape index (κ3) is 2.31. The van der Waals surface area contributed by atoms with Crippen LogP contribution in [0.1, 0.15) is 5.89 Å². The van der Waals surface area contributed by atoms with Gasteiger partial charge in [0.15, 0.2) is 34.4 Å². The number of benzene rings is 1. The van der Waals surface area contributed by atoms with E-state index in [1.165, 1.54) is 0 Å². The lowest BCUT2D eigenvalue weighted by Crippen LogP contribution is -2.44. The summed E-state index contributed by atoms with van der Waals surface area (Å²) < 4.78 is 32.8. The van der Waals surface area contributed by atoms with E-state index in [2.05, 4.69) is 26.8 Å². The van der Waals surface area contributed by atoms with E-state index in [4.69, 9.17) is 4.42 Å². The highest BCUT2D eigenvalue weighted by molar-refractivity contribution is 6.05. The van der Waals surface area contributed by atoms with Crippen molar-refractivity contribution in [2.45, 2.75) is 6.92 Å². The van der Waals surface area contributed by atoms with Gasteiger partial charge >= 0.3 is 0 Å². The lowest BCUT2D eigenvalue weighted by molar-refractivity contribution is 0.312. The minimum atomic E-state index is -0.915. The first kappa shape index (κ1) is 14.3. The summed E-state index contributed by atoms with van der Waals surface area (Å²) in [5, 5.41) is 0.442. The molecule has 1 saturated heterocycles. The molecule has 0 radical (unpaired) electrons. The Hall–Kier alpha value is -2.28. The van der Waals surface area contributed by atoms with E-state index in [-0.39, 0.29) is 0 Å². The summed E-state index contributed by atoms with van der Waals surface area (Å²) in [4.78, 5) is 13.3. The molecule has 0 unspecified atom stereocenters. The third-order valence-electron chi connectivity index (χ3n) is 4.26. The summed E-state index contributed by atoms with van der Waals surface area (Å²) >= 11 is 0. The van der Waals surface area contributed by atoms with Crippen LogP contribution in [0.25, 0.3) is 22.0 Å². The van der Waals surface area contributed by atoms with Crippen LogP contribution in [0.5, 0.6) is 0 Å². The van der Waals surface area contributed by atoms with Gasteiger partial charge in [0.25, 0.3) is 0 Å². The van der Waals surface area contributed by atoms with Crippen LogP contribution < -0.4 is 4.90 Å². The summed E-state index contributed by atoms with van der Waals surface area (Å²) in [6.45, 7) is 5.17. The van der Waals surface area contributed by atoms with Gasteiger partial charge in [0.2, 0.25) is 0 Å². The van der Waals surface area contributed by atoms with Gasteiger partial charge in [-0.05, 0) is 13.1 Å². The summed E-state index contributed by atoms with van der Waals surface area (Å²) in [5.41, 5.74) is 1.44. The number of likely N-dealkylation sites (N-methyl/N-ethyl adjacent to an activating group) is 1. The van der Waals surface area contributed by atoms with Crippen molar-refractivity contribution in [2.24, 2.45) is 0 Å². The number of nitrogens with zero attached hydrogens (tertiary/aromatic N) is 4. The molecule has 120 valence electrons. The predicted molar refractivity (Wildman–Crippen MR) is 83.7 cm³/mol. The zero-order valence-corrected chi connectivity index (χ0v) is 12.9. The lowest BCUT2D eigenvalue weighted by Gasteiger charge is -2.33. The van der Waals surface area contributed by atoms with Crippen LogP contribution in [0.4, 0.5) is 14.6 Å². The SMILES string of the molecule is Cc1nc2c(N3CCN(C)CC3)nc3cc(F)c(F)cc3c2o1. The van der Waals surface area contributed by atoms with Gasteiger partial charge in [-0.15, -0.1) is 0 Å². The van der Waals surface area contributed by atoms with Gasteiger partial charge in [-0.3, -0.25) is 0 Å². The molecule has 0 saturated carbocycles. The molecule has 0 atom stereocenters. The summed E-state index contributed by atoms with van der Waals surface area (Å²) in [7, 11) is 2.07. The maximum Gasteiger partial charge on any atom is 0.192 e. The first-order valence-electron chi connectivity index (χ1n) is 7.52. The van der Waals surface area contributed by atoms with Gasteiger partial charge in [-0.25, -0.2) is 18.7 Å². The largest absolute Gasteiger partial charge is 0.440 e. The Labute approximate surface area is 131 Å². The van der Waals surface area contributed by atoms with E-state index in [1.807, 2.05) is 0 Å². The van der Waals surface area contributed by atoms with Crippen molar-refractivity contribution >= 4 is 27.8 Å². The van der Waals surface area contributed by atoms with Gasteiger partial charge < -0.3 is 14.2 Å². The third-order valence-corrected chi connectivity index (χ3v) is 4.26. The molecular formula is C16H16F2N4O. The Bertz CT molecular complexity index is 900. The van der Waals surface area contributed by atoms with E-state index < -0.39 is 11.6 Å². The van der Waals surface area contributed by atoms with Crippen molar-refractivity contribution < 1.29 is 13.2 Å². The molecule has 3 heterocycles. The van der Waals surface area contributed by atoms with Gasteiger partial charge in [-0.2, -0.15) is 0 Å². The van der Waals surface area contributed by atoms with E-state index >= 15 is 0 Å². The predicted octanol–water partition coefficient (Wildman–Crippen LogP) is 2.71. The monoisotopic (exact) mass is 318 g/mol. The molecule has 3 aromatic rings. The average Bonchev–Trinajstić information content (AvgIpc) is 2.91. The molecule has 0 spiro atoms. The first-order valence-corrected chi connectivity index (χ1v) is 7.52. The molecule has 4 rings (SSSR count). The van der Waals surface area contributed by atoms with Crippen LogP contribution in [0, 0.1) is 18.6 Å². The molecule has 0 amide bonds. The van der Waals surface area contributed by atoms with Crippen LogP contribution in [0.2, 0.25) is 0 Å². The van der Waals surface area contributed by atoms with Crippen molar-refractivity contribution in [3.63, 3.8) is 0 Å². The topological polar surface area (TPSA) is 45.4 Å². The second-order valence-corrected chi connectivity index (χ2v) is 5.92. The molecule has 1 aliphatic rings. The normalized spacial score (nSPS) is 16.6. The maximum atomic E-state index is 13.6. The highest BCUT2D eigenvalue weighted by atomic mass is 19.2. The standard InChI is InChI=1S/C16H16F2N4O/c1-9-19-14-15(23-9)10-7-11(17)12(18)8-13(10)20-16(14)22-5-3-21(2)4-6-22/h7-8H,3-6H2,1-2H3. The fourth-order valence-electron chi connectivity index (χ4n) is 2.98. The minimum Gasteiger partial charge on any atom is -0.440 e. The fraction of sp³-hybridized carbons (Fsp3) is 0.375. The smallest absolute Gasteiger partial charge is 0.192 e. The van der Waals surface area contributed by atoms with Crippen LogP contribution in [0.15, 0.2) is 16.5 Å². The molecule has 0 bridgehead atoms.